The van der Waals surface area contributed by atoms with E-state index < -0.39 is 0 Å². The molecule has 1 aromatic carbocycles. The second-order valence-corrected chi connectivity index (χ2v) is 6.89. The third-order valence-electron chi connectivity index (χ3n) is 4.55. The van der Waals surface area contributed by atoms with E-state index in [1.54, 1.807) is 11.2 Å². The Balaban J connectivity index is 1.34. The van der Waals surface area contributed by atoms with Gasteiger partial charge in [0.1, 0.15) is 17.6 Å². The Morgan fingerprint density at radius 1 is 1.11 bits per heavy atom. The van der Waals surface area contributed by atoms with Crippen LogP contribution in [0.25, 0.3) is 11.2 Å². The number of carbonyl (C=O) groups excluding carboxylic acids is 1. The van der Waals surface area contributed by atoms with E-state index in [2.05, 4.69) is 30.2 Å². The monoisotopic (exact) mass is 381 g/mol. The van der Waals surface area contributed by atoms with E-state index in [0.29, 0.717) is 31.8 Å². The number of hydrogen-bond donors (Lipinski definition) is 2. The summed E-state index contributed by atoms with van der Waals surface area (Å²) in [6.07, 6.45) is 3.25. The van der Waals surface area contributed by atoms with Gasteiger partial charge in [-0.25, -0.2) is 19.7 Å². The molecule has 3 heterocycles. The van der Waals surface area contributed by atoms with Gasteiger partial charge in [-0.2, -0.15) is 0 Å². The molecule has 2 N–H and O–H groups in total. The predicted molar refractivity (Wildman–Crippen MR) is 107 cm³/mol. The van der Waals surface area contributed by atoms with Crippen LogP contribution in [0.3, 0.4) is 0 Å². The van der Waals surface area contributed by atoms with Crippen molar-refractivity contribution in [1.82, 2.24) is 24.8 Å². The number of carbonyl (C=O) groups is 1. The molecule has 3 aromatic rings. The molecule has 1 fully saturated rings. The third-order valence-corrected chi connectivity index (χ3v) is 4.55. The van der Waals surface area contributed by atoms with Crippen LogP contribution in [-0.2, 0) is 0 Å². The van der Waals surface area contributed by atoms with Gasteiger partial charge in [0.25, 0.3) is 0 Å². The second-order valence-electron chi connectivity index (χ2n) is 6.89. The number of H-pyrrole nitrogens is 1. The van der Waals surface area contributed by atoms with Gasteiger partial charge < -0.3 is 24.8 Å². The average molecular weight is 381 g/mol. The molecule has 4 rings (SSSR count). The first-order valence-electron chi connectivity index (χ1n) is 9.32. The highest BCUT2D eigenvalue weighted by atomic mass is 16.5. The number of nitrogens with zero attached hydrogens (tertiary/aromatic N) is 5. The number of anilines is 2. The number of ether oxygens (including phenoxy) is 1. The quantitative estimate of drug-likeness (QED) is 0.720. The molecular weight excluding hydrogens is 358 g/mol. The van der Waals surface area contributed by atoms with Crippen molar-refractivity contribution in [2.75, 3.05) is 36.4 Å². The molecule has 1 saturated heterocycles. The number of amides is 2. The molecule has 28 heavy (non-hydrogen) atoms. The Hall–Kier alpha value is -3.36. The molecule has 0 bridgehead atoms. The van der Waals surface area contributed by atoms with E-state index in [9.17, 15) is 4.79 Å². The summed E-state index contributed by atoms with van der Waals surface area (Å²) >= 11 is 0. The van der Waals surface area contributed by atoms with E-state index in [-0.39, 0.29) is 12.1 Å². The number of nitrogens with one attached hydrogen (secondary N) is 2. The average Bonchev–Trinajstić information content (AvgIpc) is 3.18. The van der Waals surface area contributed by atoms with Crippen LogP contribution in [0.1, 0.15) is 13.8 Å². The van der Waals surface area contributed by atoms with E-state index in [1.807, 2.05) is 38.1 Å². The fraction of sp³-hybridized carbons (Fsp3) is 0.368. The summed E-state index contributed by atoms with van der Waals surface area (Å²) in [5.74, 6) is 1.61. The van der Waals surface area contributed by atoms with Crippen LogP contribution in [0.2, 0.25) is 0 Å². The van der Waals surface area contributed by atoms with Crippen LogP contribution in [0.5, 0.6) is 5.75 Å². The number of rotatable bonds is 4. The number of urea groups is 1. The molecule has 0 radical (unpaired) electrons. The molecule has 2 amide bonds. The molecule has 2 aromatic heterocycles. The number of benzene rings is 1. The summed E-state index contributed by atoms with van der Waals surface area (Å²) in [6, 6.07) is 7.31. The molecule has 9 heteroatoms. The van der Waals surface area contributed by atoms with Crippen molar-refractivity contribution in [3.63, 3.8) is 0 Å². The number of hydrogen-bond acceptors (Lipinski definition) is 6. The topological polar surface area (TPSA) is 99.3 Å². The van der Waals surface area contributed by atoms with Gasteiger partial charge in [0.15, 0.2) is 11.5 Å². The Labute approximate surface area is 162 Å². The lowest BCUT2D eigenvalue weighted by atomic mass is 10.3. The van der Waals surface area contributed by atoms with Gasteiger partial charge in [-0.1, -0.05) is 0 Å². The number of imidazole rings is 1. The van der Waals surface area contributed by atoms with E-state index in [0.717, 1.165) is 22.8 Å². The van der Waals surface area contributed by atoms with E-state index in [1.165, 1.54) is 6.33 Å². The lowest BCUT2D eigenvalue weighted by Crippen LogP contribution is -2.50. The zero-order chi connectivity index (χ0) is 19.5. The SMILES string of the molecule is CC(C)Oc1ccc(NC(=O)N2CCN(c3ncnc4nc[nH]c34)CC2)cc1. The predicted octanol–water partition coefficient (Wildman–Crippen LogP) is 2.49. The van der Waals surface area contributed by atoms with Crippen LogP contribution in [0, 0.1) is 0 Å². The fourth-order valence-electron chi connectivity index (χ4n) is 3.20. The normalized spacial score (nSPS) is 14.5. The largest absolute Gasteiger partial charge is 0.491 e. The fourth-order valence-corrected chi connectivity index (χ4v) is 3.20. The zero-order valence-corrected chi connectivity index (χ0v) is 15.9. The number of piperazine rings is 1. The summed E-state index contributed by atoms with van der Waals surface area (Å²) in [7, 11) is 0. The highest BCUT2D eigenvalue weighted by Crippen LogP contribution is 2.21. The van der Waals surface area contributed by atoms with Crippen molar-refractivity contribution in [2.45, 2.75) is 20.0 Å². The molecule has 1 aliphatic heterocycles. The molecule has 0 saturated carbocycles. The first kappa shape index (κ1) is 18.0. The Morgan fingerprint density at radius 2 is 1.86 bits per heavy atom. The molecule has 9 nitrogen and oxygen atoms in total. The number of fused-ring (bicyclic) bond motifs is 1. The molecule has 0 spiro atoms. The summed E-state index contributed by atoms with van der Waals surface area (Å²) in [4.78, 5) is 32.3. The molecule has 0 aliphatic carbocycles. The molecule has 146 valence electrons. The van der Waals surface area contributed by atoms with Crippen molar-refractivity contribution in [1.29, 1.82) is 0 Å². The van der Waals surface area contributed by atoms with Crippen molar-refractivity contribution in [3.8, 4) is 5.75 Å². The van der Waals surface area contributed by atoms with Gasteiger partial charge in [0, 0.05) is 31.9 Å². The minimum absolute atomic E-state index is 0.105. The Bertz CT molecular complexity index is 946. The second kappa shape index (κ2) is 7.71. The van der Waals surface area contributed by atoms with Crippen LogP contribution < -0.4 is 15.0 Å². The van der Waals surface area contributed by atoms with Crippen LogP contribution >= 0.6 is 0 Å². The Morgan fingerprint density at radius 3 is 2.57 bits per heavy atom. The van der Waals surface area contributed by atoms with Crippen LogP contribution in [0.15, 0.2) is 36.9 Å². The highest BCUT2D eigenvalue weighted by molar-refractivity contribution is 5.89. The minimum Gasteiger partial charge on any atom is -0.491 e. The standard InChI is InChI=1S/C19H23N7O2/c1-13(2)28-15-5-3-14(4-6-15)24-19(27)26-9-7-25(8-10-26)18-16-17(21-11-20-16)22-12-23-18/h3-6,11-13H,7-10H2,1-2H3,(H,24,27)(H,20,21,22,23). The molecule has 0 atom stereocenters. The van der Waals surface area contributed by atoms with Crippen molar-refractivity contribution in [3.05, 3.63) is 36.9 Å². The van der Waals surface area contributed by atoms with Gasteiger partial charge in [-0.3, -0.25) is 0 Å². The van der Waals surface area contributed by atoms with Crippen molar-refractivity contribution >= 4 is 28.7 Å². The summed E-state index contributed by atoms with van der Waals surface area (Å²) in [5.41, 5.74) is 2.22. The van der Waals surface area contributed by atoms with Gasteiger partial charge in [0.05, 0.1) is 12.4 Å². The van der Waals surface area contributed by atoms with Gasteiger partial charge in [-0.05, 0) is 38.1 Å². The number of aromatic amines is 1. The molecule has 0 unspecified atom stereocenters. The van der Waals surface area contributed by atoms with Gasteiger partial charge in [0.2, 0.25) is 0 Å². The maximum absolute atomic E-state index is 12.6. The smallest absolute Gasteiger partial charge is 0.321 e. The Kier molecular flexibility index (Phi) is 4.96. The van der Waals surface area contributed by atoms with Gasteiger partial charge in [-0.15, -0.1) is 0 Å². The van der Waals surface area contributed by atoms with E-state index in [4.69, 9.17) is 4.74 Å². The maximum atomic E-state index is 12.6. The lowest BCUT2D eigenvalue weighted by molar-refractivity contribution is 0.208. The first-order valence-corrected chi connectivity index (χ1v) is 9.32. The summed E-state index contributed by atoms with van der Waals surface area (Å²) in [5, 5.41) is 2.94. The summed E-state index contributed by atoms with van der Waals surface area (Å²) in [6.45, 7) is 6.57. The van der Waals surface area contributed by atoms with Gasteiger partial charge >= 0.3 is 6.03 Å². The first-order chi connectivity index (χ1) is 13.6. The molecular formula is C19H23N7O2. The maximum Gasteiger partial charge on any atom is 0.321 e. The molecule has 1 aliphatic rings. The zero-order valence-electron chi connectivity index (χ0n) is 15.9. The number of aromatic nitrogens is 4. The lowest BCUT2D eigenvalue weighted by Gasteiger charge is -2.35. The van der Waals surface area contributed by atoms with Crippen LogP contribution in [-0.4, -0.2) is 63.1 Å². The third kappa shape index (κ3) is 3.83. The van der Waals surface area contributed by atoms with E-state index >= 15 is 0 Å². The summed E-state index contributed by atoms with van der Waals surface area (Å²) < 4.78 is 5.62. The van der Waals surface area contributed by atoms with Crippen molar-refractivity contribution < 1.29 is 9.53 Å². The van der Waals surface area contributed by atoms with Crippen LogP contribution in [0.4, 0.5) is 16.3 Å². The minimum atomic E-state index is -0.105. The highest BCUT2D eigenvalue weighted by Gasteiger charge is 2.23. The van der Waals surface area contributed by atoms with Crippen molar-refractivity contribution in [2.24, 2.45) is 0 Å².